The van der Waals surface area contributed by atoms with Gasteiger partial charge in [0.25, 0.3) is 15.9 Å². The number of hydrogen-bond acceptors (Lipinski definition) is 5. The number of benzene rings is 3. The Morgan fingerprint density at radius 1 is 0.951 bits per heavy atom. The summed E-state index contributed by atoms with van der Waals surface area (Å²) < 4.78 is 40.3. The van der Waals surface area contributed by atoms with E-state index in [2.05, 4.69) is 5.32 Å². The standard InChI is InChI=1S/C31H34FN3O5S/c1-3-22(2)33-30(37)27(20-23-10-5-4-6-11-23)34(21-24-15-17-25(32)18-16-24)29(36)14-9-19-35-31(38)26-12-7-8-13-28(26)41(35,39)40/h4-8,10-13,15-18,22,27H,3,9,14,19-21H2,1-2H3,(H,33,37)/t22-,27-/m0/s1. The first-order chi connectivity index (χ1) is 19.6. The number of nitrogens with one attached hydrogen (secondary N) is 1. The van der Waals surface area contributed by atoms with Gasteiger partial charge in [0.15, 0.2) is 0 Å². The van der Waals surface area contributed by atoms with E-state index in [0.717, 1.165) is 9.87 Å². The van der Waals surface area contributed by atoms with Crippen LogP contribution in [0.25, 0.3) is 0 Å². The number of sulfonamides is 1. The number of nitrogens with zero attached hydrogens (tertiary/aromatic N) is 2. The zero-order valence-electron chi connectivity index (χ0n) is 23.1. The predicted molar refractivity (Wildman–Crippen MR) is 153 cm³/mol. The molecule has 0 radical (unpaired) electrons. The number of rotatable bonds is 12. The molecule has 0 saturated carbocycles. The van der Waals surface area contributed by atoms with E-state index in [0.29, 0.717) is 12.0 Å². The lowest BCUT2D eigenvalue weighted by atomic mass is 10.0. The third kappa shape index (κ3) is 7.00. The monoisotopic (exact) mass is 579 g/mol. The highest BCUT2D eigenvalue weighted by molar-refractivity contribution is 7.90. The van der Waals surface area contributed by atoms with Crippen molar-refractivity contribution in [2.75, 3.05) is 6.54 Å². The zero-order chi connectivity index (χ0) is 29.6. The fourth-order valence-electron chi connectivity index (χ4n) is 4.75. The second-order valence-corrected chi connectivity index (χ2v) is 12.0. The van der Waals surface area contributed by atoms with Gasteiger partial charge < -0.3 is 10.2 Å². The maximum Gasteiger partial charge on any atom is 0.269 e. The average molecular weight is 580 g/mol. The Balaban J connectivity index is 1.57. The Bertz CT molecular complexity index is 1500. The Hall–Kier alpha value is -4.05. The number of halogens is 1. The van der Waals surface area contributed by atoms with Crippen LogP contribution in [0, 0.1) is 5.82 Å². The fourth-order valence-corrected chi connectivity index (χ4v) is 6.36. The number of amides is 3. The zero-order valence-corrected chi connectivity index (χ0v) is 23.9. The van der Waals surface area contributed by atoms with Gasteiger partial charge >= 0.3 is 0 Å². The molecule has 0 aliphatic carbocycles. The summed E-state index contributed by atoms with van der Waals surface area (Å²) in [4.78, 5) is 41.5. The van der Waals surface area contributed by atoms with Crippen LogP contribution in [0.5, 0.6) is 0 Å². The van der Waals surface area contributed by atoms with E-state index in [1.54, 1.807) is 24.3 Å². The molecular formula is C31H34FN3O5S. The van der Waals surface area contributed by atoms with Gasteiger partial charge in [0.05, 0.1) is 5.56 Å². The molecule has 3 aromatic carbocycles. The smallest absolute Gasteiger partial charge is 0.269 e. The maximum atomic E-state index is 13.8. The van der Waals surface area contributed by atoms with Crippen LogP contribution in [0.1, 0.15) is 54.6 Å². The van der Waals surface area contributed by atoms with Gasteiger partial charge in [-0.1, -0.05) is 61.5 Å². The number of carbonyl (C=O) groups excluding carboxylic acids is 3. The van der Waals surface area contributed by atoms with Gasteiger partial charge in [0, 0.05) is 32.0 Å². The van der Waals surface area contributed by atoms with Crippen molar-refractivity contribution < 1.29 is 27.2 Å². The van der Waals surface area contributed by atoms with Crippen LogP contribution in [0.15, 0.2) is 83.8 Å². The minimum atomic E-state index is -3.99. The molecule has 0 aromatic heterocycles. The minimum Gasteiger partial charge on any atom is -0.352 e. The van der Waals surface area contributed by atoms with E-state index in [1.165, 1.54) is 29.2 Å². The molecule has 216 valence electrons. The van der Waals surface area contributed by atoms with Crippen molar-refractivity contribution in [1.29, 1.82) is 0 Å². The summed E-state index contributed by atoms with van der Waals surface area (Å²) in [6.45, 7) is 3.71. The topological polar surface area (TPSA) is 104 Å². The van der Waals surface area contributed by atoms with Crippen molar-refractivity contribution >= 4 is 27.7 Å². The molecular weight excluding hydrogens is 545 g/mol. The second-order valence-electron chi connectivity index (χ2n) is 10.2. The molecule has 0 fully saturated rings. The van der Waals surface area contributed by atoms with Crippen molar-refractivity contribution in [3.63, 3.8) is 0 Å². The molecule has 10 heteroatoms. The van der Waals surface area contributed by atoms with E-state index >= 15 is 0 Å². The van der Waals surface area contributed by atoms with Crippen LogP contribution in [-0.4, -0.2) is 54.0 Å². The van der Waals surface area contributed by atoms with Gasteiger partial charge in [-0.25, -0.2) is 17.1 Å². The van der Waals surface area contributed by atoms with Gasteiger partial charge in [0.1, 0.15) is 16.8 Å². The first kappa shape index (κ1) is 29.9. The molecule has 8 nitrogen and oxygen atoms in total. The largest absolute Gasteiger partial charge is 0.352 e. The molecule has 41 heavy (non-hydrogen) atoms. The molecule has 3 amide bonds. The van der Waals surface area contributed by atoms with Gasteiger partial charge in [-0.3, -0.25) is 14.4 Å². The maximum absolute atomic E-state index is 13.8. The molecule has 1 heterocycles. The summed E-state index contributed by atoms with van der Waals surface area (Å²) in [7, 11) is -3.99. The van der Waals surface area contributed by atoms with Gasteiger partial charge in [0.2, 0.25) is 11.8 Å². The molecule has 4 rings (SSSR count). The third-order valence-corrected chi connectivity index (χ3v) is 9.04. The van der Waals surface area contributed by atoms with Crippen molar-refractivity contribution in [1.82, 2.24) is 14.5 Å². The van der Waals surface area contributed by atoms with Crippen LogP contribution in [0.2, 0.25) is 0 Å². The van der Waals surface area contributed by atoms with Crippen LogP contribution < -0.4 is 5.32 Å². The van der Waals surface area contributed by atoms with Crippen molar-refractivity contribution in [2.45, 2.75) is 63.1 Å². The van der Waals surface area contributed by atoms with Crippen LogP contribution in [0.3, 0.4) is 0 Å². The van der Waals surface area contributed by atoms with Gasteiger partial charge in [-0.15, -0.1) is 0 Å². The van der Waals surface area contributed by atoms with E-state index < -0.39 is 27.8 Å². The molecule has 0 saturated heterocycles. The highest BCUT2D eigenvalue weighted by atomic mass is 32.2. The van der Waals surface area contributed by atoms with E-state index in [4.69, 9.17) is 0 Å². The Kier molecular flexibility index (Phi) is 9.54. The molecule has 0 bridgehead atoms. The quantitative estimate of drug-likeness (QED) is 0.345. The average Bonchev–Trinajstić information content (AvgIpc) is 3.16. The summed E-state index contributed by atoms with van der Waals surface area (Å²) in [6.07, 6.45) is 0.933. The molecule has 1 aliphatic heterocycles. The van der Waals surface area contributed by atoms with Gasteiger partial charge in [-0.2, -0.15) is 0 Å². The Morgan fingerprint density at radius 3 is 2.27 bits per heavy atom. The highest BCUT2D eigenvalue weighted by Gasteiger charge is 2.40. The number of hydrogen-bond donors (Lipinski definition) is 1. The van der Waals surface area contributed by atoms with Crippen molar-refractivity contribution in [2.24, 2.45) is 0 Å². The predicted octanol–water partition coefficient (Wildman–Crippen LogP) is 4.31. The molecule has 0 unspecified atom stereocenters. The van der Waals surface area contributed by atoms with Gasteiger partial charge in [-0.05, 0) is 55.2 Å². The minimum absolute atomic E-state index is 0.0427. The summed E-state index contributed by atoms with van der Waals surface area (Å²) in [5.74, 6) is -1.73. The first-order valence-corrected chi connectivity index (χ1v) is 15.1. The Morgan fingerprint density at radius 2 is 1.61 bits per heavy atom. The summed E-state index contributed by atoms with van der Waals surface area (Å²) >= 11 is 0. The first-order valence-electron chi connectivity index (χ1n) is 13.7. The summed E-state index contributed by atoms with van der Waals surface area (Å²) in [5.41, 5.74) is 1.61. The summed E-state index contributed by atoms with van der Waals surface area (Å²) in [6, 6.07) is 20.1. The lowest BCUT2D eigenvalue weighted by molar-refractivity contribution is -0.141. The fraction of sp³-hybridized carbons (Fsp3) is 0.323. The highest BCUT2D eigenvalue weighted by Crippen LogP contribution is 2.30. The van der Waals surface area contributed by atoms with Crippen LogP contribution in [-0.2, 0) is 32.6 Å². The second kappa shape index (κ2) is 13.1. The number of fused-ring (bicyclic) bond motifs is 1. The van der Waals surface area contributed by atoms with E-state index in [1.807, 2.05) is 44.2 Å². The lowest BCUT2D eigenvalue weighted by Gasteiger charge is -2.32. The Labute approximate surface area is 240 Å². The summed E-state index contributed by atoms with van der Waals surface area (Å²) in [5, 5.41) is 2.98. The molecule has 2 atom stereocenters. The van der Waals surface area contributed by atoms with E-state index in [-0.39, 0.29) is 60.7 Å². The number of carbonyl (C=O) groups is 3. The SMILES string of the molecule is CC[C@H](C)NC(=O)[C@H](Cc1ccccc1)N(Cc1ccc(F)cc1)C(=O)CCCN1C(=O)c2ccccc2S1(=O)=O. The van der Waals surface area contributed by atoms with Crippen LogP contribution >= 0.6 is 0 Å². The molecule has 1 aliphatic rings. The third-order valence-electron chi connectivity index (χ3n) is 7.20. The van der Waals surface area contributed by atoms with Crippen LogP contribution in [0.4, 0.5) is 4.39 Å². The molecule has 0 spiro atoms. The molecule has 1 N–H and O–H groups in total. The van der Waals surface area contributed by atoms with Crippen molar-refractivity contribution in [3.05, 3.63) is 101 Å². The normalized spacial score (nSPS) is 15.2. The van der Waals surface area contributed by atoms with E-state index in [9.17, 15) is 27.2 Å². The lowest BCUT2D eigenvalue weighted by Crippen LogP contribution is -2.52. The molecule has 3 aromatic rings. The van der Waals surface area contributed by atoms with Crippen molar-refractivity contribution in [3.8, 4) is 0 Å².